The molecule has 0 saturated heterocycles. The fraction of sp³-hybridized carbons (Fsp3) is 0.304. The van der Waals surface area contributed by atoms with Crippen molar-refractivity contribution in [3.63, 3.8) is 0 Å². The number of aromatic nitrogens is 2. The Hall–Kier alpha value is -3.48. The Kier molecular flexibility index (Phi) is 6.61. The molecule has 3 rings (SSSR count). The van der Waals surface area contributed by atoms with Gasteiger partial charge in [0.05, 0.1) is 31.2 Å². The van der Waals surface area contributed by atoms with Gasteiger partial charge < -0.3 is 10.1 Å². The molecule has 1 heterocycles. The summed E-state index contributed by atoms with van der Waals surface area (Å²) in [7, 11) is 1.29. The molecule has 1 amide bonds. The van der Waals surface area contributed by atoms with Crippen molar-refractivity contribution in [2.24, 2.45) is 5.92 Å². The number of esters is 1. The van der Waals surface area contributed by atoms with E-state index in [1.807, 2.05) is 44.2 Å². The molecule has 1 unspecified atom stereocenters. The van der Waals surface area contributed by atoms with Crippen molar-refractivity contribution in [2.75, 3.05) is 7.11 Å². The first-order valence-electron chi connectivity index (χ1n) is 9.80. The van der Waals surface area contributed by atoms with Crippen molar-refractivity contribution in [1.29, 1.82) is 0 Å². The van der Waals surface area contributed by atoms with Crippen LogP contribution in [-0.4, -0.2) is 34.8 Å². The fourth-order valence-corrected chi connectivity index (χ4v) is 3.30. The standard InChI is InChI=1S/C23H25N3O4/c1-15(2)21(23(29)30-3)24-20(27)13-19-17-11-7-8-12-18(17)22(28)26(25-19)14-16-9-5-4-6-10-16/h4-12,15,21H,13-14H2,1-3H3,(H,24,27). The van der Waals surface area contributed by atoms with Crippen LogP contribution in [0.2, 0.25) is 0 Å². The van der Waals surface area contributed by atoms with Crippen LogP contribution in [0.4, 0.5) is 0 Å². The SMILES string of the molecule is COC(=O)C(NC(=O)Cc1nn(Cc2ccccc2)c(=O)c2ccccc12)C(C)C. The van der Waals surface area contributed by atoms with Crippen molar-refractivity contribution >= 4 is 22.6 Å². The number of nitrogens with one attached hydrogen (secondary N) is 1. The van der Waals surface area contributed by atoms with E-state index in [1.54, 1.807) is 24.3 Å². The Labute approximate surface area is 174 Å². The first-order chi connectivity index (χ1) is 14.4. The van der Waals surface area contributed by atoms with Crippen LogP contribution in [0.15, 0.2) is 59.4 Å². The summed E-state index contributed by atoms with van der Waals surface area (Å²) < 4.78 is 6.16. The van der Waals surface area contributed by atoms with Crippen molar-refractivity contribution in [3.8, 4) is 0 Å². The summed E-state index contributed by atoms with van der Waals surface area (Å²) in [5.74, 6) is -0.981. The Morgan fingerprint density at radius 2 is 1.67 bits per heavy atom. The molecule has 0 bridgehead atoms. The van der Waals surface area contributed by atoms with Crippen molar-refractivity contribution < 1.29 is 14.3 Å². The molecule has 1 N–H and O–H groups in total. The molecule has 0 aliphatic heterocycles. The average molecular weight is 407 g/mol. The number of hydrogen-bond donors (Lipinski definition) is 1. The maximum atomic E-state index is 12.9. The summed E-state index contributed by atoms with van der Waals surface area (Å²) in [5, 5.41) is 8.33. The van der Waals surface area contributed by atoms with Gasteiger partial charge in [-0.1, -0.05) is 62.4 Å². The van der Waals surface area contributed by atoms with Gasteiger partial charge in [0.2, 0.25) is 5.91 Å². The number of carbonyl (C=O) groups is 2. The molecule has 0 aliphatic rings. The molecule has 30 heavy (non-hydrogen) atoms. The second-order valence-corrected chi connectivity index (χ2v) is 7.43. The molecule has 0 fully saturated rings. The molecule has 156 valence electrons. The van der Waals surface area contributed by atoms with Gasteiger partial charge >= 0.3 is 5.97 Å². The normalized spacial score (nSPS) is 12.0. The van der Waals surface area contributed by atoms with Gasteiger partial charge in [-0.25, -0.2) is 9.48 Å². The van der Waals surface area contributed by atoms with Crippen LogP contribution in [0, 0.1) is 5.92 Å². The fourth-order valence-electron chi connectivity index (χ4n) is 3.30. The lowest BCUT2D eigenvalue weighted by molar-refractivity contribution is -0.146. The molecule has 2 aromatic carbocycles. The molecule has 7 nitrogen and oxygen atoms in total. The summed E-state index contributed by atoms with van der Waals surface area (Å²) in [4.78, 5) is 37.6. The van der Waals surface area contributed by atoms with E-state index in [0.29, 0.717) is 23.0 Å². The third-order valence-electron chi connectivity index (χ3n) is 4.89. The Morgan fingerprint density at radius 1 is 1.03 bits per heavy atom. The van der Waals surface area contributed by atoms with Crippen LogP contribution in [0.3, 0.4) is 0 Å². The van der Waals surface area contributed by atoms with Crippen LogP contribution in [0.5, 0.6) is 0 Å². The highest BCUT2D eigenvalue weighted by atomic mass is 16.5. The predicted octanol–water partition coefficient (Wildman–Crippen LogP) is 2.30. The van der Waals surface area contributed by atoms with E-state index >= 15 is 0 Å². The molecule has 1 aromatic heterocycles. The molecular formula is C23H25N3O4. The molecule has 0 spiro atoms. The first-order valence-corrected chi connectivity index (χ1v) is 9.80. The Morgan fingerprint density at radius 3 is 2.30 bits per heavy atom. The maximum Gasteiger partial charge on any atom is 0.328 e. The topological polar surface area (TPSA) is 90.3 Å². The van der Waals surface area contributed by atoms with Crippen molar-refractivity contribution in [1.82, 2.24) is 15.1 Å². The van der Waals surface area contributed by atoms with Gasteiger partial charge in [0.15, 0.2) is 0 Å². The number of fused-ring (bicyclic) bond motifs is 1. The monoisotopic (exact) mass is 407 g/mol. The summed E-state index contributed by atoms with van der Waals surface area (Å²) in [5.41, 5.74) is 1.20. The van der Waals surface area contributed by atoms with Gasteiger partial charge in [-0.3, -0.25) is 9.59 Å². The summed E-state index contributed by atoms with van der Waals surface area (Å²) >= 11 is 0. The van der Waals surface area contributed by atoms with E-state index in [9.17, 15) is 14.4 Å². The highest BCUT2D eigenvalue weighted by Gasteiger charge is 2.25. The van der Waals surface area contributed by atoms with Gasteiger partial charge in [-0.15, -0.1) is 0 Å². The number of rotatable bonds is 7. The summed E-state index contributed by atoms with van der Waals surface area (Å²) in [6.45, 7) is 3.96. The van der Waals surface area contributed by atoms with Crippen LogP contribution in [-0.2, 0) is 27.3 Å². The minimum atomic E-state index is -0.746. The van der Waals surface area contributed by atoms with Gasteiger partial charge in [0.25, 0.3) is 5.56 Å². The number of amides is 1. The van der Waals surface area contributed by atoms with Crippen molar-refractivity contribution in [2.45, 2.75) is 32.9 Å². The first kappa shape index (κ1) is 21.2. The average Bonchev–Trinajstić information content (AvgIpc) is 2.75. The third-order valence-corrected chi connectivity index (χ3v) is 4.89. The minimum Gasteiger partial charge on any atom is -0.467 e. The minimum absolute atomic E-state index is 0.0597. The number of carbonyl (C=O) groups excluding carboxylic acids is 2. The second-order valence-electron chi connectivity index (χ2n) is 7.43. The van der Waals surface area contributed by atoms with Gasteiger partial charge in [-0.05, 0) is 17.5 Å². The summed E-state index contributed by atoms with van der Waals surface area (Å²) in [6, 6.07) is 15.9. The Balaban J connectivity index is 1.94. The number of benzene rings is 2. The zero-order valence-electron chi connectivity index (χ0n) is 17.3. The van der Waals surface area contributed by atoms with Gasteiger partial charge in [-0.2, -0.15) is 5.10 Å². The van der Waals surface area contributed by atoms with E-state index < -0.39 is 12.0 Å². The highest BCUT2D eigenvalue weighted by molar-refractivity contribution is 5.90. The molecule has 0 aliphatic carbocycles. The third kappa shape index (κ3) is 4.74. The zero-order chi connectivity index (χ0) is 21.7. The van der Waals surface area contributed by atoms with E-state index in [-0.39, 0.29) is 23.8 Å². The number of nitrogens with zero attached hydrogens (tertiary/aromatic N) is 2. The van der Waals surface area contributed by atoms with Gasteiger partial charge in [0.1, 0.15) is 6.04 Å². The molecule has 0 saturated carbocycles. The predicted molar refractivity (Wildman–Crippen MR) is 114 cm³/mol. The van der Waals surface area contributed by atoms with Crippen LogP contribution in [0.1, 0.15) is 25.1 Å². The van der Waals surface area contributed by atoms with E-state index in [4.69, 9.17) is 4.74 Å². The van der Waals surface area contributed by atoms with Crippen LogP contribution in [0.25, 0.3) is 10.8 Å². The lowest BCUT2D eigenvalue weighted by Gasteiger charge is -2.20. The Bertz CT molecular complexity index is 1110. The molecule has 0 radical (unpaired) electrons. The van der Waals surface area contributed by atoms with Crippen molar-refractivity contribution in [3.05, 3.63) is 76.2 Å². The molecule has 3 aromatic rings. The van der Waals surface area contributed by atoms with Crippen LogP contribution < -0.4 is 10.9 Å². The quantitative estimate of drug-likeness (QED) is 0.607. The van der Waals surface area contributed by atoms with E-state index in [1.165, 1.54) is 11.8 Å². The zero-order valence-corrected chi connectivity index (χ0v) is 17.3. The van der Waals surface area contributed by atoms with Crippen LogP contribution >= 0.6 is 0 Å². The largest absolute Gasteiger partial charge is 0.467 e. The maximum absolute atomic E-state index is 12.9. The van der Waals surface area contributed by atoms with Gasteiger partial charge in [0, 0.05) is 5.39 Å². The highest BCUT2D eigenvalue weighted by Crippen LogP contribution is 2.15. The lowest BCUT2D eigenvalue weighted by atomic mass is 10.0. The number of ether oxygens (including phenoxy) is 1. The number of methoxy groups -OCH3 is 1. The summed E-state index contributed by atoms with van der Waals surface area (Å²) in [6.07, 6.45) is -0.0597. The molecular weight excluding hydrogens is 382 g/mol. The van der Waals surface area contributed by atoms with E-state index in [0.717, 1.165) is 5.56 Å². The second kappa shape index (κ2) is 9.35. The number of hydrogen-bond acceptors (Lipinski definition) is 5. The lowest BCUT2D eigenvalue weighted by Crippen LogP contribution is -2.45. The molecule has 1 atom stereocenters. The molecule has 7 heteroatoms. The smallest absolute Gasteiger partial charge is 0.328 e. The van der Waals surface area contributed by atoms with E-state index in [2.05, 4.69) is 10.4 Å².